The molecule has 0 aliphatic heterocycles. The first-order valence-corrected chi connectivity index (χ1v) is 11.8. The van der Waals surface area contributed by atoms with Gasteiger partial charge in [-0.1, -0.05) is 36.4 Å². The minimum absolute atomic E-state index is 0.0312. The second-order valence-electron chi connectivity index (χ2n) is 7.56. The second-order valence-corrected chi connectivity index (χ2v) is 9.33. The summed E-state index contributed by atoms with van der Waals surface area (Å²) >= 11 is 0. The molecule has 0 spiro atoms. The highest BCUT2D eigenvalue weighted by molar-refractivity contribution is 7.89. The van der Waals surface area contributed by atoms with Crippen LogP contribution in [-0.4, -0.2) is 24.1 Å². The van der Waals surface area contributed by atoms with Crippen LogP contribution in [0.2, 0.25) is 0 Å². The van der Waals surface area contributed by atoms with Crippen molar-refractivity contribution in [3.05, 3.63) is 106 Å². The number of sulfonamides is 1. The second kappa shape index (κ2) is 9.94. The number of hydrogen-bond donors (Lipinski definition) is 2. The molecule has 1 aromatic heterocycles. The van der Waals surface area contributed by atoms with Crippen LogP contribution in [-0.2, 0) is 34.5 Å². The summed E-state index contributed by atoms with van der Waals surface area (Å²) in [5.41, 5.74) is 1.40. The SMILES string of the molecule is O=C(Cn1ncc(=O)c2ccccc21)NCc1cccc(S(=O)(=O)NCc2cccc(F)c2)c1. The number of carbonyl (C=O) groups is 1. The molecular weight excluding hydrogens is 459 g/mol. The lowest BCUT2D eigenvalue weighted by molar-refractivity contribution is -0.121. The maximum atomic E-state index is 13.3. The minimum atomic E-state index is -3.84. The van der Waals surface area contributed by atoms with Gasteiger partial charge in [-0.25, -0.2) is 17.5 Å². The van der Waals surface area contributed by atoms with Gasteiger partial charge in [-0.05, 0) is 47.5 Å². The summed E-state index contributed by atoms with van der Waals surface area (Å²) in [5, 5.41) is 7.23. The van der Waals surface area contributed by atoms with Crippen LogP contribution in [0.5, 0.6) is 0 Å². The molecule has 0 saturated heterocycles. The standard InChI is InChI=1S/C24H21FN4O4S/c25-19-7-3-5-17(11-19)14-28-34(32,33)20-8-4-6-18(12-20)13-26-24(31)16-29-22-10-2-1-9-21(22)23(30)15-27-29/h1-12,15,28H,13-14,16H2,(H,26,31). The molecule has 34 heavy (non-hydrogen) atoms. The molecule has 0 aliphatic rings. The number of halogens is 1. The molecule has 0 fully saturated rings. The molecule has 2 N–H and O–H groups in total. The van der Waals surface area contributed by atoms with Gasteiger partial charge in [0.25, 0.3) is 0 Å². The number of rotatable bonds is 8. The van der Waals surface area contributed by atoms with Gasteiger partial charge in [0.15, 0.2) is 0 Å². The highest BCUT2D eigenvalue weighted by Crippen LogP contribution is 2.13. The summed E-state index contributed by atoms with van der Waals surface area (Å²) < 4.78 is 42.5. The van der Waals surface area contributed by atoms with Gasteiger partial charge in [0, 0.05) is 18.5 Å². The lowest BCUT2D eigenvalue weighted by atomic mass is 10.2. The fourth-order valence-corrected chi connectivity index (χ4v) is 4.50. The molecule has 10 heteroatoms. The molecule has 0 atom stereocenters. The third-order valence-electron chi connectivity index (χ3n) is 5.11. The number of amides is 1. The molecule has 8 nitrogen and oxygen atoms in total. The highest BCUT2D eigenvalue weighted by Gasteiger charge is 2.15. The Kier molecular flexibility index (Phi) is 6.80. The van der Waals surface area contributed by atoms with Crippen LogP contribution in [0.25, 0.3) is 10.9 Å². The third kappa shape index (κ3) is 5.53. The number of aromatic nitrogens is 2. The minimum Gasteiger partial charge on any atom is -0.350 e. The van der Waals surface area contributed by atoms with Gasteiger partial charge in [0.05, 0.1) is 16.6 Å². The zero-order valence-electron chi connectivity index (χ0n) is 17.9. The number of carbonyl (C=O) groups excluding carboxylic acids is 1. The summed E-state index contributed by atoms with van der Waals surface area (Å²) in [6.07, 6.45) is 1.17. The summed E-state index contributed by atoms with van der Waals surface area (Å²) in [7, 11) is -3.84. The van der Waals surface area contributed by atoms with Crippen molar-refractivity contribution >= 4 is 26.8 Å². The maximum Gasteiger partial charge on any atom is 0.242 e. The molecule has 0 saturated carbocycles. The van der Waals surface area contributed by atoms with E-state index in [9.17, 15) is 22.4 Å². The Balaban J connectivity index is 1.40. The van der Waals surface area contributed by atoms with Crippen LogP contribution in [0, 0.1) is 5.82 Å². The summed E-state index contributed by atoms with van der Waals surface area (Å²) in [6, 6.07) is 18.7. The van der Waals surface area contributed by atoms with Crippen LogP contribution in [0.15, 0.2) is 88.7 Å². The zero-order valence-corrected chi connectivity index (χ0v) is 18.8. The summed E-state index contributed by atoms with van der Waals surface area (Å²) in [5.74, 6) is -0.793. The van der Waals surface area contributed by atoms with Crippen LogP contribution in [0.1, 0.15) is 11.1 Å². The zero-order chi connectivity index (χ0) is 24.1. The van der Waals surface area contributed by atoms with Crippen molar-refractivity contribution < 1.29 is 17.6 Å². The van der Waals surface area contributed by atoms with Gasteiger partial charge in [0.1, 0.15) is 12.4 Å². The molecule has 0 unspecified atom stereocenters. The van der Waals surface area contributed by atoms with Crippen molar-refractivity contribution in [2.75, 3.05) is 0 Å². The lowest BCUT2D eigenvalue weighted by Gasteiger charge is -2.11. The molecule has 4 aromatic rings. The number of para-hydroxylation sites is 1. The van der Waals surface area contributed by atoms with E-state index < -0.39 is 15.8 Å². The van der Waals surface area contributed by atoms with E-state index in [0.29, 0.717) is 22.0 Å². The average Bonchev–Trinajstić information content (AvgIpc) is 2.84. The molecule has 3 aromatic carbocycles. The molecular formula is C24H21FN4O4S. The number of fused-ring (bicyclic) bond motifs is 1. The van der Waals surface area contributed by atoms with Crippen LogP contribution in [0.3, 0.4) is 0 Å². The summed E-state index contributed by atoms with van der Waals surface area (Å²) in [4.78, 5) is 24.4. The van der Waals surface area contributed by atoms with Crippen molar-refractivity contribution in [3.8, 4) is 0 Å². The Morgan fingerprint density at radius 2 is 1.68 bits per heavy atom. The molecule has 1 amide bonds. The Labute approximate surface area is 195 Å². The summed E-state index contributed by atoms with van der Waals surface area (Å²) in [6.45, 7) is -0.0560. The van der Waals surface area contributed by atoms with E-state index in [1.165, 1.54) is 41.2 Å². The maximum absolute atomic E-state index is 13.3. The van der Waals surface area contributed by atoms with Crippen LogP contribution < -0.4 is 15.5 Å². The van der Waals surface area contributed by atoms with Gasteiger partial charge in [-0.2, -0.15) is 5.10 Å². The molecule has 0 aliphatic carbocycles. The van der Waals surface area contributed by atoms with Crippen molar-refractivity contribution in [1.82, 2.24) is 19.8 Å². The van der Waals surface area contributed by atoms with Gasteiger partial charge in [0.2, 0.25) is 21.4 Å². The first-order valence-electron chi connectivity index (χ1n) is 10.4. The quantitative estimate of drug-likeness (QED) is 0.402. The first kappa shape index (κ1) is 23.3. The highest BCUT2D eigenvalue weighted by atomic mass is 32.2. The largest absolute Gasteiger partial charge is 0.350 e. The molecule has 1 heterocycles. The van der Waals surface area contributed by atoms with E-state index in [1.54, 1.807) is 42.5 Å². The van der Waals surface area contributed by atoms with E-state index in [0.717, 1.165) is 0 Å². The van der Waals surface area contributed by atoms with E-state index in [4.69, 9.17) is 0 Å². The van der Waals surface area contributed by atoms with Gasteiger partial charge >= 0.3 is 0 Å². The fourth-order valence-electron chi connectivity index (χ4n) is 3.41. The van der Waals surface area contributed by atoms with Crippen LogP contribution >= 0.6 is 0 Å². The van der Waals surface area contributed by atoms with Crippen molar-refractivity contribution in [2.45, 2.75) is 24.5 Å². The van der Waals surface area contributed by atoms with E-state index in [2.05, 4.69) is 15.1 Å². The van der Waals surface area contributed by atoms with E-state index in [-0.39, 0.29) is 35.9 Å². The Hall–Kier alpha value is -3.89. The normalized spacial score (nSPS) is 11.4. The molecule has 174 valence electrons. The van der Waals surface area contributed by atoms with Crippen molar-refractivity contribution in [1.29, 1.82) is 0 Å². The number of hydrogen-bond acceptors (Lipinski definition) is 5. The van der Waals surface area contributed by atoms with Gasteiger partial charge < -0.3 is 5.32 Å². The monoisotopic (exact) mass is 480 g/mol. The smallest absolute Gasteiger partial charge is 0.242 e. The van der Waals surface area contributed by atoms with Crippen LogP contribution in [0.4, 0.5) is 4.39 Å². The van der Waals surface area contributed by atoms with Crippen molar-refractivity contribution in [2.24, 2.45) is 0 Å². The third-order valence-corrected chi connectivity index (χ3v) is 6.51. The Morgan fingerprint density at radius 3 is 2.47 bits per heavy atom. The Morgan fingerprint density at radius 1 is 0.941 bits per heavy atom. The molecule has 0 radical (unpaired) electrons. The molecule has 0 bridgehead atoms. The number of benzene rings is 3. The predicted octanol–water partition coefficient (Wildman–Crippen LogP) is 2.33. The van der Waals surface area contributed by atoms with E-state index in [1.807, 2.05) is 0 Å². The average molecular weight is 481 g/mol. The van der Waals surface area contributed by atoms with E-state index >= 15 is 0 Å². The lowest BCUT2D eigenvalue weighted by Crippen LogP contribution is -2.29. The predicted molar refractivity (Wildman–Crippen MR) is 125 cm³/mol. The fraction of sp³-hybridized carbons (Fsp3) is 0.125. The first-order chi connectivity index (χ1) is 16.3. The topological polar surface area (TPSA) is 110 Å². The van der Waals surface area contributed by atoms with Gasteiger partial charge in [-0.3, -0.25) is 14.3 Å². The Bertz CT molecular complexity index is 1520. The number of nitrogens with zero attached hydrogens (tertiary/aromatic N) is 2. The van der Waals surface area contributed by atoms with Crippen molar-refractivity contribution in [3.63, 3.8) is 0 Å². The van der Waals surface area contributed by atoms with Gasteiger partial charge in [-0.15, -0.1) is 0 Å². The molecule has 4 rings (SSSR count). The number of nitrogens with one attached hydrogen (secondary N) is 2.